The molecule has 0 aliphatic carbocycles. The summed E-state index contributed by atoms with van der Waals surface area (Å²) in [5.41, 5.74) is 7.25. The third kappa shape index (κ3) is 4.86. The van der Waals surface area contributed by atoms with Crippen LogP contribution in [-0.2, 0) is 33.7 Å². The van der Waals surface area contributed by atoms with Crippen LogP contribution in [0.2, 0.25) is 0 Å². The first-order valence-electron chi connectivity index (χ1n) is 9.37. The van der Waals surface area contributed by atoms with Crippen molar-refractivity contribution in [3.63, 3.8) is 0 Å². The summed E-state index contributed by atoms with van der Waals surface area (Å²) in [7, 11) is 9.87. The summed E-state index contributed by atoms with van der Waals surface area (Å²) in [4.78, 5) is 0. The molecule has 0 N–H and O–H groups in total. The molecule has 0 spiro atoms. The van der Waals surface area contributed by atoms with Crippen LogP contribution in [0.15, 0.2) is 48.5 Å². The standard InChI is InChI=1S/C23H27.2ClH.Zr/c1-5-16(4)20-14-19-13-12-18(7-3)23(22(19)15-20)21-11-9-8-10-17(21)6-2;;;/h8-16H,5-7H2,1-4H3;2*1H;/q-1;;;+2/p-2. The molecule has 1 atom stereocenters. The van der Waals surface area contributed by atoms with E-state index in [0.717, 1.165) is 12.8 Å². The molecule has 0 saturated heterocycles. The van der Waals surface area contributed by atoms with Crippen molar-refractivity contribution in [2.75, 3.05) is 0 Å². The van der Waals surface area contributed by atoms with E-state index >= 15 is 0 Å². The number of benzene rings is 2. The van der Waals surface area contributed by atoms with Gasteiger partial charge in [0.05, 0.1) is 0 Å². The normalized spacial score (nSPS) is 11.8. The van der Waals surface area contributed by atoms with Gasteiger partial charge in [0, 0.05) is 0 Å². The average molecular weight is 466 g/mol. The Balaban J connectivity index is 0.000000758. The van der Waals surface area contributed by atoms with Crippen molar-refractivity contribution in [1.82, 2.24) is 0 Å². The van der Waals surface area contributed by atoms with Gasteiger partial charge in [0.15, 0.2) is 0 Å². The summed E-state index contributed by atoms with van der Waals surface area (Å²) in [5, 5.41) is 2.82. The molecular formula is C23H27Cl2Zr-. The van der Waals surface area contributed by atoms with Gasteiger partial charge >= 0.3 is 37.9 Å². The molecule has 138 valence electrons. The number of rotatable bonds is 5. The van der Waals surface area contributed by atoms with E-state index in [0.29, 0.717) is 5.92 Å². The minimum atomic E-state index is -0.826. The van der Waals surface area contributed by atoms with Crippen molar-refractivity contribution in [3.8, 4) is 11.1 Å². The second-order valence-corrected chi connectivity index (χ2v) is 10.4. The molecule has 0 fully saturated rings. The second-order valence-electron chi connectivity index (χ2n) is 6.64. The molecular weight excluding hydrogens is 438 g/mol. The Morgan fingerprint density at radius 1 is 0.962 bits per heavy atom. The van der Waals surface area contributed by atoms with Gasteiger partial charge in [-0.25, -0.2) is 0 Å². The summed E-state index contributed by atoms with van der Waals surface area (Å²) >= 11 is -0.826. The van der Waals surface area contributed by atoms with Gasteiger partial charge in [-0.3, -0.25) is 0 Å². The van der Waals surface area contributed by atoms with E-state index < -0.39 is 20.8 Å². The van der Waals surface area contributed by atoms with Crippen molar-refractivity contribution in [3.05, 3.63) is 65.2 Å². The van der Waals surface area contributed by atoms with Crippen LogP contribution < -0.4 is 0 Å². The van der Waals surface area contributed by atoms with Crippen molar-refractivity contribution in [1.29, 1.82) is 0 Å². The van der Waals surface area contributed by atoms with Gasteiger partial charge in [0.1, 0.15) is 0 Å². The first kappa shape index (κ1) is 21.8. The van der Waals surface area contributed by atoms with Gasteiger partial charge in [0.2, 0.25) is 0 Å². The fourth-order valence-corrected chi connectivity index (χ4v) is 3.56. The predicted octanol–water partition coefficient (Wildman–Crippen LogP) is 8.24. The fraction of sp³-hybridized carbons (Fsp3) is 0.348. The Bertz CT molecular complexity index is 835. The summed E-state index contributed by atoms with van der Waals surface area (Å²) in [6.07, 6.45) is 3.35. The monoisotopic (exact) mass is 463 g/mol. The van der Waals surface area contributed by atoms with Crippen LogP contribution in [0.5, 0.6) is 0 Å². The molecule has 0 nitrogen and oxygen atoms in total. The van der Waals surface area contributed by atoms with E-state index in [1.807, 2.05) is 0 Å². The molecule has 3 rings (SSSR count). The Morgan fingerprint density at radius 3 is 2.23 bits per heavy atom. The van der Waals surface area contributed by atoms with Gasteiger partial charge in [-0.1, -0.05) is 69.5 Å². The van der Waals surface area contributed by atoms with Crippen LogP contribution in [-0.4, -0.2) is 0 Å². The zero-order valence-corrected chi connectivity index (χ0v) is 20.0. The number of hydrogen-bond donors (Lipinski definition) is 0. The number of aryl methyl sites for hydroxylation is 2. The zero-order valence-electron chi connectivity index (χ0n) is 16.1. The van der Waals surface area contributed by atoms with Crippen molar-refractivity contribution in [2.24, 2.45) is 0 Å². The number of fused-ring (bicyclic) bond motifs is 1. The Hall–Kier alpha value is -0.487. The molecule has 0 bridgehead atoms. The van der Waals surface area contributed by atoms with Gasteiger partial charge in [0.25, 0.3) is 0 Å². The molecule has 0 saturated carbocycles. The van der Waals surface area contributed by atoms with Gasteiger partial charge in [-0.15, -0.1) is 34.5 Å². The third-order valence-corrected chi connectivity index (χ3v) is 5.23. The van der Waals surface area contributed by atoms with Crippen molar-refractivity contribution >= 4 is 27.8 Å². The minimum absolute atomic E-state index is 0.627. The molecule has 26 heavy (non-hydrogen) atoms. The van der Waals surface area contributed by atoms with Crippen LogP contribution in [0.4, 0.5) is 0 Å². The van der Waals surface area contributed by atoms with E-state index in [1.165, 1.54) is 45.0 Å². The number of hydrogen-bond acceptors (Lipinski definition) is 0. The van der Waals surface area contributed by atoms with Crippen LogP contribution in [0.1, 0.15) is 56.7 Å². The van der Waals surface area contributed by atoms with Crippen LogP contribution in [0.25, 0.3) is 21.9 Å². The maximum absolute atomic E-state index is 4.93. The van der Waals surface area contributed by atoms with E-state index in [1.54, 1.807) is 0 Å². The molecule has 3 aromatic rings. The number of halogens is 2. The third-order valence-electron chi connectivity index (χ3n) is 5.23. The molecule has 0 aliphatic heterocycles. The molecule has 0 heterocycles. The summed E-state index contributed by atoms with van der Waals surface area (Å²) < 4.78 is 0. The topological polar surface area (TPSA) is 0 Å². The molecule has 0 aliphatic rings. The SMILES string of the molecule is CCc1ccccc1-c1c(CC)ccc2[cH-]c(C(C)CC)cc12.[Cl][Zr][Cl]. The van der Waals surface area contributed by atoms with Crippen molar-refractivity contribution in [2.45, 2.75) is 52.9 Å². The van der Waals surface area contributed by atoms with Crippen molar-refractivity contribution < 1.29 is 20.8 Å². The van der Waals surface area contributed by atoms with Gasteiger partial charge in [-0.2, -0.15) is 6.07 Å². The predicted molar refractivity (Wildman–Crippen MR) is 114 cm³/mol. The van der Waals surface area contributed by atoms with Crippen LogP contribution in [0, 0.1) is 0 Å². The zero-order chi connectivity index (χ0) is 19.1. The molecule has 0 amide bonds. The van der Waals surface area contributed by atoms with Gasteiger partial charge in [-0.05, 0) is 29.9 Å². The summed E-state index contributed by atoms with van der Waals surface area (Å²) in [5.74, 6) is 0.627. The Morgan fingerprint density at radius 2 is 1.62 bits per heavy atom. The van der Waals surface area contributed by atoms with Gasteiger partial charge < -0.3 is 0 Å². The fourth-order valence-electron chi connectivity index (χ4n) is 3.56. The summed E-state index contributed by atoms with van der Waals surface area (Å²) in [6.45, 7) is 9.11. The molecule has 0 radical (unpaired) electrons. The van der Waals surface area contributed by atoms with E-state index in [9.17, 15) is 0 Å². The molecule has 0 aromatic heterocycles. The second kappa shape index (κ2) is 10.7. The Labute approximate surface area is 176 Å². The molecule has 3 heteroatoms. The first-order valence-corrected chi connectivity index (χ1v) is 15.7. The molecule has 3 aromatic carbocycles. The van der Waals surface area contributed by atoms with Crippen LogP contribution in [0.3, 0.4) is 0 Å². The molecule has 1 unspecified atom stereocenters. The quantitative estimate of drug-likeness (QED) is 0.333. The van der Waals surface area contributed by atoms with Crippen LogP contribution >= 0.6 is 17.0 Å². The van der Waals surface area contributed by atoms with E-state index in [-0.39, 0.29) is 0 Å². The van der Waals surface area contributed by atoms with E-state index in [2.05, 4.69) is 76.2 Å². The first-order chi connectivity index (χ1) is 12.6. The Kier molecular flexibility index (Phi) is 9.01. The maximum atomic E-state index is 4.93. The van der Waals surface area contributed by atoms with E-state index in [4.69, 9.17) is 17.0 Å². The average Bonchev–Trinajstić information content (AvgIpc) is 3.11. The summed E-state index contributed by atoms with van der Waals surface area (Å²) in [6, 6.07) is 18.3.